The van der Waals surface area contributed by atoms with Gasteiger partial charge in [0.15, 0.2) is 5.82 Å². The van der Waals surface area contributed by atoms with Gasteiger partial charge in [0, 0.05) is 49.8 Å². The van der Waals surface area contributed by atoms with Crippen molar-refractivity contribution in [3.63, 3.8) is 0 Å². The van der Waals surface area contributed by atoms with Gasteiger partial charge in [-0.25, -0.2) is 9.97 Å². The van der Waals surface area contributed by atoms with Gasteiger partial charge in [0.05, 0.1) is 27.7 Å². The third kappa shape index (κ3) is 6.27. The molecule has 0 amide bonds. The summed E-state index contributed by atoms with van der Waals surface area (Å²) in [7, 11) is 0. The normalized spacial score (nSPS) is 12.8. The van der Waals surface area contributed by atoms with Gasteiger partial charge < -0.3 is 8.98 Å². The Bertz CT molecular complexity index is 4420. The SMILES string of the molecule is c1ccc(-c2ccc(-c3nc(-c4cc(-c5ccccc5)cc5oc6cc(-n7c8ccccc8c8cc9c(cc87)-c7ccccc7C9(c7ccccc7)c7ccccc7)ccc6c45)nc4ccccc34)cc2)cc1. The first kappa shape index (κ1) is 41.2. The van der Waals surface area contributed by atoms with Crippen molar-refractivity contribution < 1.29 is 4.42 Å². The van der Waals surface area contributed by atoms with Crippen molar-refractivity contribution in [2.24, 2.45) is 0 Å². The molecule has 1 aliphatic rings. The Balaban J connectivity index is 0.944. The number of aromatic nitrogens is 3. The van der Waals surface area contributed by atoms with Crippen molar-refractivity contribution in [1.82, 2.24) is 14.5 Å². The number of hydrogen-bond donors (Lipinski definition) is 0. The molecular weight excluding hydrogens is 887 g/mol. The summed E-state index contributed by atoms with van der Waals surface area (Å²) in [6, 6.07) is 93.9. The molecule has 0 saturated heterocycles. The molecule has 0 unspecified atom stereocenters. The van der Waals surface area contributed by atoms with Crippen molar-refractivity contribution >= 4 is 54.6 Å². The smallest absolute Gasteiger partial charge is 0.161 e. The van der Waals surface area contributed by atoms with Crippen LogP contribution in [0.5, 0.6) is 0 Å². The fourth-order valence-corrected chi connectivity index (χ4v) is 12.1. The highest BCUT2D eigenvalue weighted by molar-refractivity contribution is 6.15. The molecule has 0 saturated carbocycles. The topological polar surface area (TPSA) is 43.9 Å². The van der Waals surface area contributed by atoms with E-state index >= 15 is 0 Å². The van der Waals surface area contributed by atoms with E-state index in [1.165, 1.54) is 49.7 Å². The van der Waals surface area contributed by atoms with E-state index in [1.54, 1.807) is 0 Å². The lowest BCUT2D eigenvalue weighted by atomic mass is 9.67. The summed E-state index contributed by atoms with van der Waals surface area (Å²) in [4.78, 5) is 10.8. The van der Waals surface area contributed by atoms with Gasteiger partial charge in [0.1, 0.15) is 11.2 Å². The number of nitrogens with zero attached hydrogens (tertiary/aromatic N) is 3. The zero-order valence-corrected chi connectivity index (χ0v) is 39.6. The number of rotatable bonds is 7. The fourth-order valence-electron chi connectivity index (χ4n) is 12.1. The summed E-state index contributed by atoms with van der Waals surface area (Å²) < 4.78 is 9.49. The van der Waals surface area contributed by atoms with Crippen molar-refractivity contribution in [1.29, 1.82) is 0 Å². The standard InChI is InChI=1S/C69H43N3O/c1-5-19-44(20-6-1)46-33-35-47(36-34-46)67-54-29-14-17-31-61(54)70-68(71-67)58-39-48(45-21-7-2-8-22-45)40-65-66(58)55-38-37-51(41-64(55)73-65)72-62-32-18-15-28-53(62)57-42-60-56(43-63(57)72)52-27-13-16-30-59(52)69(60,49-23-9-3-10-24-49)50-25-11-4-12-26-50/h1-43H. The zero-order chi connectivity index (χ0) is 48.0. The second-order valence-corrected chi connectivity index (χ2v) is 19.2. The molecule has 340 valence electrons. The van der Waals surface area contributed by atoms with Gasteiger partial charge in [-0.05, 0) is 104 Å². The van der Waals surface area contributed by atoms with Crippen LogP contribution in [0.15, 0.2) is 265 Å². The van der Waals surface area contributed by atoms with E-state index in [-0.39, 0.29) is 0 Å². The predicted octanol–water partition coefficient (Wildman–Crippen LogP) is 17.7. The average molecular weight is 930 g/mol. The largest absolute Gasteiger partial charge is 0.456 e. The molecule has 15 rings (SSSR count). The lowest BCUT2D eigenvalue weighted by Crippen LogP contribution is -2.28. The highest BCUT2D eigenvalue weighted by atomic mass is 16.3. The molecule has 0 radical (unpaired) electrons. The van der Waals surface area contributed by atoms with E-state index < -0.39 is 5.41 Å². The molecule has 1 aliphatic carbocycles. The highest BCUT2D eigenvalue weighted by Gasteiger charge is 2.46. The predicted molar refractivity (Wildman–Crippen MR) is 300 cm³/mol. The van der Waals surface area contributed by atoms with Crippen molar-refractivity contribution in [2.75, 3.05) is 0 Å². The number of furan rings is 1. The van der Waals surface area contributed by atoms with E-state index in [2.05, 4.69) is 265 Å². The Hall–Kier alpha value is -9.64. The molecule has 4 heteroatoms. The molecule has 3 heterocycles. The Kier molecular flexibility index (Phi) is 9.14. The van der Waals surface area contributed by atoms with Crippen LogP contribution in [0.25, 0.3) is 116 Å². The van der Waals surface area contributed by atoms with Crippen LogP contribution in [0, 0.1) is 0 Å². The molecule has 73 heavy (non-hydrogen) atoms. The fraction of sp³-hybridized carbons (Fsp3) is 0.0145. The van der Waals surface area contributed by atoms with E-state index in [9.17, 15) is 0 Å². The minimum Gasteiger partial charge on any atom is -0.456 e. The molecule has 0 fully saturated rings. The van der Waals surface area contributed by atoms with Crippen LogP contribution in [0.3, 0.4) is 0 Å². The lowest BCUT2D eigenvalue weighted by Gasteiger charge is -2.33. The lowest BCUT2D eigenvalue weighted by molar-refractivity contribution is 0.669. The van der Waals surface area contributed by atoms with Crippen LogP contribution < -0.4 is 0 Å². The number of para-hydroxylation sites is 2. The third-order valence-electron chi connectivity index (χ3n) is 15.3. The molecule has 0 bridgehead atoms. The van der Waals surface area contributed by atoms with Crippen molar-refractivity contribution in [3.8, 4) is 61.7 Å². The highest BCUT2D eigenvalue weighted by Crippen LogP contribution is 2.57. The molecule has 11 aromatic carbocycles. The van der Waals surface area contributed by atoms with Gasteiger partial charge in [-0.2, -0.15) is 0 Å². The van der Waals surface area contributed by atoms with Gasteiger partial charge in [0.25, 0.3) is 0 Å². The van der Waals surface area contributed by atoms with E-state index in [1.807, 2.05) is 0 Å². The monoisotopic (exact) mass is 929 g/mol. The van der Waals surface area contributed by atoms with Gasteiger partial charge in [0.2, 0.25) is 0 Å². The van der Waals surface area contributed by atoms with Crippen LogP contribution in [0.4, 0.5) is 0 Å². The van der Waals surface area contributed by atoms with Gasteiger partial charge >= 0.3 is 0 Å². The van der Waals surface area contributed by atoms with Gasteiger partial charge in [-0.3, -0.25) is 0 Å². The second-order valence-electron chi connectivity index (χ2n) is 19.2. The first-order valence-electron chi connectivity index (χ1n) is 25.0. The summed E-state index contributed by atoms with van der Waals surface area (Å²) in [5, 5.41) is 5.39. The summed E-state index contributed by atoms with van der Waals surface area (Å²) in [5.74, 6) is 0.647. The van der Waals surface area contributed by atoms with Crippen LogP contribution in [-0.4, -0.2) is 14.5 Å². The Morgan fingerprint density at radius 3 is 1.68 bits per heavy atom. The van der Waals surface area contributed by atoms with Crippen LogP contribution >= 0.6 is 0 Å². The molecule has 0 aliphatic heterocycles. The molecule has 3 aromatic heterocycles. The van der Waals surface area contributed by atoms with Gasteiger partial charge in [-0.15, -0.1) is 0 Å². The number of benzene rings is 11. The maximum atomic E-state index is 7.07. The zero-order valence-electron chi connectivity index (χ0n) is 39.6. The third-order valence-corrected chi connectivity index (χ3v) is 15.3. The van der Waals surface area contributed by atoms with Crippen molar-refractivity contribution in [2.45, 2.75) is 5.41 Å². The quantitative estimate of drug-likeness (QED) is 0.160. The second kappa shape index (κ2) is 16.2. The maximum absolute atomic E-state index is 7.07. The van der Waals surface area contributed by atoms with Crippen LogP contribution in [0.1, 0.15) is 22.3 Å². The molecule has 0 spiro atoms. The first-order valence-corrected chi connectivity index (χ1v) is 25.0. The van der Waals surface area contributed by atoms with Crippen LogP contribution in [-0.2, 0) is 5.41 Å². The van der Waals surface area contributed by atoms with Gasteiger partial charge in [-0.1, -0.05) is 206 Å². The summed E-state index contributed by atoms with van der Waals surface area (Å²) in [6.45, 7) is 0. The summed E-state index contributed by atoms with van der Waals surface area (Å²) >= 11 is 0. The minimum absolute atomic E-state index is 0.502. The number of fused-ring (bicyclic) bond motifs is 10. The summed E-state index contributed by atoms with van der Waals surface area (Å²) in [6.07, 6.45) is 0. The summed E-state index contributed by atoms with van der Waals surface area (Å²) in [5.41, 5.74) is 20.1. The van der Waals surface area contributed by atoms with E-state index in [4.69, 9.17) is 14.4 Å². The molecule has 4 nitrogen and oxygen atoms in total. The first-order chi connectivity index (χ1) is 36.2. The molecule has 14 aromatic rings. The van der Waals surface area contributed by atoms with E-state index in [0.29, 0.717) is 5.82 Å². The Morgan fingerprint density at radius 1 is 0.342 bits per heavy atom. The van der Waals surface area contributed by atoms with E-state index in [0.717, 1.165) is 83.1 Å². The Morgan fingerprint density at radius 2 is 0.945 bits per heavy atom. The Labute approximate surface area is 421 Å². The average Bonchev–Trinajstić information content (AvgIpc) is 4.12. The maximum Gasteiger partial charge on any atom is 0.161 e. The van der Waals surface area contributed by atoms with Crippen LogP contribution in [0.2, 0.25) is 0 Å². The van der Waals surface area contributed by atoms with Crippen molar-refractivity contribution in [3.05, 3.63) is 283 Å². The minimum atomic E-state index is -0.502. The molecule has 0 atom stereocenters. The molecule has 0 N–H and O–H groups in total. The molecular formula is C69H43N3O. The number of hydrogen-bond acceptors (Lipinski definition) is 3.